The smallest absolute Gasteiger partial charge is 0.305 e. The molecule has 12 heteroatoms. The zero-order chi connectivity index (χ0) is 33.4. The van der Waals surface area contributed by atoms with E-state index in [0.717, 1.165) is 50.9 Å². The molecule has 2 aromatic rings. The summed E-state index contributed by atoms with van der Waals surface area (Å²) in [6.07, 6.45) is 20.3. The number of methoxy groups -OCH3 is 2. The number of rotatable bonds is 7. The Bertz CT molecular complexity index is 2090. The molecule has 5 aliphatic heterocycles. The molecule has 0 saturated carbocycles. The monoisotopic (exact) mass is 642 g/mol. The second-order valence-electron chi connectivity index (χ2n) is 11.6. The fourth-order valence-corrected chi connectivity index (χ4v) is 6.18. The first kappa shape index (κ1) is 30.6. The Morgan fingerprint density at radius 2 is 1.35 bits per heavy atom. The van der Waals surface area contributed by atoms with Crippen LogP contribution in [0.4, 0.5) is 0 Å². The zero-order valence-corrected chi connectivity index (χ0v) is 27.1. The molecular formula is C36H34N8O4. The minimum absolute atomic E-state index is 0.173. The molecule has 0 aliphatic carbocycles. The molecule has 0 atom stereocenters. The van der Waals surface area contributed by atoms with E-state index in [1.54, 1.807) is 6.20 Å². The molecule has 0 spiro atoms. The molecule has 0 amide bonds. The van der Waals surface area contributed by atoms with Gasteiger partial charge in [-0.25, -0.2) is 20.0 Å². The molecule has 0 saturated heterocycles. The van der Waals surface area contributed by atoms with Crippen molar-refractivity contribution in [1.29, 1.82) is 0 Å². The van der Waals surface area contributed by atoms with E-state index in [1.807, 2.05) is 90.7 Å². The van der Waals surface area contributed by atoms with Gasteiger partial charge in [-0.1, -0.05) is 0 Å². The van der Waals surface area contributed by atoms with Gasteiger partial charge < -0.3 is 29.2 Å². The van der Waals surface area contributed by atoms with E-state index in [2.05, 4.69) is 15.3 Å². The van der Waals surface area contributed by atoms with Gasteiger partial charge in [0.25, 0.3) is 0 Å². The van der Waals surface area contributed by atoms with Gasteiger partial charge >= 0.3 is 11.9 Å². The molecule has 0 fully saturated rings. The largest absolute Gasteiger partial charge is 0.469 e. The topological polar surface area (TPSA) is 139 Å². The minimum atomic E-state index is -0.314. The van der Waals surface area contributed by atoms with Crippen molar-refractivity contribution in [2.24, 2.45) is 22.0 Å². The van der Waals surface area contributed by atoms with Crippen molar-refractivity contribution in [2.45, 2.75) is 25.7 Å². The SMILES string of the molecule is COC(=O)CCC1=C2C=CC(=N2)C(=C2NC=CN2C)c2ccc([nH]2)C(CCC(=O)OC)=C2C=CC(=N2)C(c2nccn2C)=C2C=CC1=N2. The average molecular weight is 643 g/mol. The number of fused-ring (bicyclic) bond motifs is 5. The Hall–Kier alpha value is -6.04. The number of carbonyl (C=O) groups is 2. The van der Waals surface area contributed by atoms with Crippen molar-refractivity contribution < 1.29 is 19.1 Å². The fraction of sp³-hybridized carbons (Fsp3) is 0.222. The number of allylic oxidation sites excluding steroid dienone is 10. The van der Waals surface area contributed by atoms with Crippen LogP contribution in [0.15, 0.2) is 117 Å². The molecule has 242 valence electrons. The highest BCUT2D eigenvalue weighted by molar-refractivity contribution is 6.33. The molecule has 0 aromatic carbocycles. The van der Waals surface area contributed by atoms with Crippen molar-refractivity contribution in [3.8, 4) is 0 Å². The predicted molar refractivity (Wildman–Crippen MR) is 184 cm³/mol. The number of aliphatic imine (C=N–C) groups is 3. The van der Waals surface area contributed by atoms with Gasteiger partial charge in [0.2, 0.25) is 0 Å². The van der Waals surface area contributed by atoms with Crippen LogP contribution in [0.1, 0.15) is 42.9 Å². The average Bonchev–Trinajstić information content (AvgIpc) is 3.94. The van der Waals surface area contributed by atoms with E-state index >= 15 is 0 Å². The van der Waals surface area contributed by atoms with E-state index in [1.165, 1.54) is 14.2 Å². The van der Waals surface area contributed by atoms with Crippen LogP contribution in [0, 0.1) is 0 Å². The van der Waals surface area contributed by atoms with Crippen LogP contribution < -0.4 is 5.32 Å². The summed E-state index contributed by atoms with van der Waals surface area (Å²) in [6, 6.07) is 4.01. The van der Waals surface area contributed by atoms with Crippen LogP contribution in [0.5, 0.6) is 0 Å². The number of aromatic nitrogens is 3. The van der Waals surface area contributed by atoms with Crippen LogP contribution >= 0.6 is 0 Å². The normalized spacial score (nSPS) is 19.4. The van der Waals surface area contributed by atoms with E-state index in [9.17, 15) is 9.59 Å². The molecule has 8 bridgehead atoms. The molecule has 48 heavy (non-hydrogen) atoms. The molecule has 12 nitrogen and oxygen atoms in total. The van der Waals surface area contributed by atoms with Gasteiger partial charge in [-0.2, -0.15) is 0 Å². The highest BCUT2D eigenvalue weighted by atomic mass is 16.5. The molecule has 5 aliphatic rings. The summed E-state index contributed by atoms with van der Waals surface area (Å²) in [4.78, 5) is 50.3. The first-order chi connectivity index (χ1) is 23.3. The Morgan fingerprint density at radius 3 is 2.00 bits per heavy atom. The van der Waals surface area contributed by atoms with Crippen LogP contribution in [-0.4, -0.2) is 69.8 Å². The molecule has 2 N–H and O–H groups in total. The summed E-state index contributed by atoms with van der Waals surface area (Å²) >= 11 is 0. The van der Waals surface area contributed by atoms with E-state index in [-0.39, 0.29) is 24.8 Å². The van der Waals surface area contributed by atoms with E-state index in [0.29, 0.717) is 41.5 Å². The standard InChI is InChI=1S/C36H34N8O4/c1-43-19-17-37-35(43)33-27-11-7-23(39-27)21(5-15-31(45)47-3)25-9-13-29(41-25)34(36-38-18-20-44(36)2)30-14-10-26(42-30)22(6-16-32(46)48-4)24-8-12-28(33)40-24/h7-14,17-20,37,39H,5-6,15-16H2,1-4H3. The third kappa shape index (κ3) is 5.61. The summed E-state index contributed by atoms with van der Waals surface area (Å²) < 4.78 is 11.9. The summed E-state index contributed by atoms with van der Waals surface area (Å²) in [5, 5.41) is 3.36. The Balaban J connectivity index is 1.49. The van der Waals surface area contributed by atoms with Crippen molar-refractivity contribution in [2.75, 3.05) is 21.3 Å². The lowest BCUT2D eigenvalue weighted by Gasteiger charge is -2.17. The molecule has 0 unspecified atom stereocenters. The Kier molecular flexibility index (Phi) is 8.05. The first-order valence-electron chi connectivity index (χ1n) is 15.6. The molecular weight excluding hydrogens is 608 g/mol. The second kappa shape index (κ2) is 12.6. The minimum Gasteiger partial charge on any atom is -0.469 e. The van der Waals surface area contributed by atoms with Gasteiger partial charge in [0.15, 0.2) is 0 Å². The highest BCUT2D eigenvalue weighted by Crippen LogP contribution is 2.36. The Morgan fingerprint density at radius 1 is 0.750 bits per heavy atom. The van der Waals surface area contributed by atoms with Crippen molar-refractivity contribution >= 4 is 45.8 Å². The predicted octanol–water partition coefficient (Wildman–Crippen LogP) is 4.75. The molecule has 7 heterocycles. The zero-order valence-electron chi connectivity index (χ0n) is 27.1. The Labute approximate surface area is 277 Å². The van der Waals surface area contributed by atoms with Crippen LogP contribution in [0.3, 0.4) is 0 Å². The highest BCUT2D eigenvalue weighted by Gasteiger charge is 2.28. The summed E-state index contributed by atoms with van der Waals surface area (Å²) in [5.74, 6) is 0.927. The number of aromatic amines is 1. The lowest BCUT2D eigenvalue weighted by atomic mass is 10.0. The fourth-order valence-electron chi connectivity index (χ4n) is 6.18. The van der Waals surface area contributed by atoms with Crippen LogP contribution in [0.25, 0.3) is 16.7 Å². The lowest BCUT2D eigenvalue weighted by molar-refractivity contribution is -0.141. The van der Waals surface area contributed by atoms with Crippen molar-refractivity contribution in [3.63, 3.8) is 0 Å². The number of imidazole rings is 1. The van der Waals surface area contributed by atoms with Gasteiger partial charge in [0.05, 0.1) is 65.3 Å². The van der Waals surface area contributed by atoms with Crippen LogP contribution in [-0.2, 0) is 26.1 Å². The van der Waals surface area contributed by atoms with E-state index < -0.39 is 0 Å². The maximum absolute atomic E-state index is 12.3. The third-order valence-corrected chi connectivity index (χ3v) is 8.66. The number of H-pyrrole nitrogens is 1. The van der Waals surface area contributed by atoms with Gasteiger partial charge in [0.1, 0.15) is 11.6 Å². The van der Waals surface area contributed by atoms with Gasteiger partial charge in [-0.3, -0.25) is 9.59 Å². The lowest BCUT2D eigenvalue weighted by Crippen LogP contribution is -2.19. The number of hydrogen-bond donors (Lipinski definition) is 2. The maximum atomic E-state index is 12.3. The quantitative estimate of drug-likeness (QED) is 0.416. The van der Waals surface area contributed by atoms with Crippen molar-refractivity contribution in [1.82, 2.24) is 24.8 Å². The number of aryl methyl sites for hydroxylation is 1. The summed E-state index contributed by atoms with van der Waals surface area (Å²) in [6.45, 7) is 0. The maximum Gasteiger partial charge on any atom is 0.305 e. The van der Waals surface area contributed by atoms with Gasteiger partial charge in [0, 0.05) is 68.6 Å². The summed E-state index contributed by atoms with van der Waals surface area (Å²) in [7, 11) is 6.68. The number of nitrogens with zero attached hydrogens (tertiary/aromatic N) is 6. The second-order valence-corrected chi connectivity index (χ2v) is 11.6. The van der Waals surface area contributed by atoms with Gasteiger partial charge in [-0.05, 0) is 61.4 Å². The van der Waals surface area contributed by atoms with Crippen LogP contribution in [0.2, 0.25) is 0 Å². The molecule has 0 radical (unpaired) electrons. The molecule has 7 rings (SSSR count). The van der Waals surface area contributed by atoms with Crippen molar-refractivity contribution in [3.05, 3.63) is 119 Å². The third-order valence-electron chi connectivity index (χ3n) is 8.66. The number of carbonyl (C=O) groups excluding carboxylic acids is 2. The number of ether oxygens (including phenoxy) is 2. The number of hydrogen-bond acceptors (Lipinski definition) is 10. The number of esters is 2. The number of nitrogens with one attached hydrogen (secondary N) is 2. The van der Waals surface area contributed by atoms with Gasteiger partial charge in [-0.15, -0.1) is 0 Å². The van der Waals surface area contributed by atoms with E-state index in [4.69, 9.17) is 24.5 Å². The first-order valence-corrected chi connectivity index (χ1v) is 15.6. The molecule has 2 aromatic heterocycles. The summed E-state index contributed by atoms with van der Waals surface area (Å²) in [5.41, 5.74) is 9.17.